The molecule has 0 bridgehead atoms. The number of H-pyrrole nitrogens is 2. The summed E-state index contributed by atoms with van der Waals surface area (Å²) in [7, 11) is -0.0994. The van der Waals surface area contributed by atoms with Gasteiger partial charge in [-0.05, 0) is 0 Å². The van der Waals surface area contributed by atoms with E-state index in [9.17, 15) is 9.59 Å². The van der Waals surface area contributed by atoms with Crippen LogP contribution in [0.3, 0.4) is 0 Å². The van der Waals surface area contributed by atoms with Gasteiger partial charge in [0, 0.05) is 29.3 Å². The lowest BCUT2D eigenvalue weighted by atomic mass is 10.3. The summed E-state index contributed by atoms with van der Waals surface area (Å²) in [6.07, 6.45) is 3.15. The Labute approximate surface area is 159 Å². The molecular formula is C16H10N6O4P2. The summed E-state index contributed by atoms with van der Waals surface area (Å²) in [5.74, 6) is 0.732. The van der Waals surface area contributed by atoms with Gasteiger partial charge in [0.1, 0.15) is 45.6 Å². The number of carbonyl (C=O) groups is 2. The van der Waals surface area contributed by atoms with Crippen molar-refractivity contribution >= 4 is 62.5 Å². The standard InChI is InChI=1S/C16H10N6O4P2/c23-5-27-15-17-3-9(21-15)13-19-7-1-11-8(2-12(7)26-13)20-14(25-11)10-4-18-16(22-10)28-6-24/h1-6,27-28H,(H,17,21)(H,18,22). The van der Waals surface area contributed by atoms with Crippen molar-refractivity contribution in [3.8, 4) is 23.2 Å². The molecule has 28 heavy (non-hydrogen) atoms. The molecule has 2 unspecified atom stereocenters. The van der Waals surface area contributed by atoms with Crippen LogP contribution in [0.2, 0.25) is 0 Å². The third kappa shape index (κ3) is 2.93. The lowest BCUT2D eigenvalue weighted by molar-refractivity contribution is 0.569. The van der Waals surface area contributed by atoms with E-state index in [1.807, 2.05) is 0 Å². The van der Waals surface area contributed by atoms with Crippen molar-refractivity contribution in [2.45, 2.75) is 0 Å². The number of nitrogens with one attached hydrogen (secondary N) is 2. The second-order valence-corrected chi connectivity index (χ2v) is 7.64. The van der Waals surface area contributed by atoms with Crippen LogP contribution in [-0.4, -0.2) is 42.0 Å². The van der Waals surface area contributed by atoms with E-state index in [0.29, 0.717) is 56.5 Å². The molecule has 4 heterocycles. The molecule has 2 atom stereocenters. The van der Waals surface area contributed by atoms with Crippen LogP contribution >= 0.6 is 17.2 Å². The van der Waals surface area contributed by atoms with E-state index >= 15 is 0 Å². The summed E-state index contributed by atoms with van der Waals surface area (Å²) in [6, 6.07) is 5.08. The smallest absolute Gasteiger partial charge is 0.245 e. The zero-order valence-corrected chi connectivity index (χ0v) is 15.9. The van der Waals surface area contributed by atoms with Gasteiger partial charge >= 0.3 is 0 Å². The van der Waals surface area contributed by atoms with E-state index in [1.165, 1.54) is 0 Å². The van der Waals surface area contributed by atoms with Crippen molar-refractivity contribution in [1.82, 2.24) is 29.9 Å². The average Bonchev–Trinajstić information content (AvgIpc) is 3.45. The quantitative estimate of drug-likeness (QED) is 0.317. The molecule has 10 nitrogen and oxygen atoms in total. The molecule has 2 N–H and O–H groups in total. The summed E-state index contributed by atoms with van der Waals surface area (Å²) >= 11 is 0. The lowest BCUT2D eigenvalue weighted by Crippen LogP contribution is -1.97. The van der Waals surface area contributed by atoms with Gasteiger partial charge in [-0.3, -0.25) is 9.59 Å². The number of fused-ring (bicyclic) bond motifs is 2. The number of benzene rings is 1. The zero-order chi connectivity index (χ0) is 19.1. The molecule has 0 spiro atoms. The van der Waals surface area contributed by atoms with Gasteiger partial charge in [0.25, 0.3) is 0 Å². The minimum absolute atomic E-state index is 0.0497. The summed E-state index contributed by atoms with van der Waals surface area (Å²) in [5, 5.41) is 0. The fraction of sp³-hybridized carbons (Fsp3) is 0. The van der Waals surface area contributed by atoms with E-state index in [-0.39, 0.29) is 17.2 Å². The van der Waals surface area contributed by atoms with Gasteiger partial charge in [-0.2, -0.15) is 0 Å². The highest BCUT2D eigenvalue weighted by atomic mass is 31.1. The van der Waals surface area contributed by atoms with Crippen LogP contribution in [0.4, 0.5) is 0 Å². The highest BCUT2D eigenvalue weighted by Gasteiger charge is 2.16. The number of aromatic nitrogens is 6. The average molecular weight is 412 g/mol. The van der Waals surface area contributed by atoms with Crippen molar-refractivity contribution in [3.63, 3.8) is 0 Å². The maximum atomic E-state index is 10.6. The molecule has 0 saturated carbocycles. The number of rotatable bonds is 6. The molecule has 0 saturated heterocycles. The van der Waals surface area contributed by atoms with Gasteiger partial charge in [-0.15, -0.1) is 0 Å². The van der Waals surface area contributed by atoms with Crippen LogP contribution in [0.5, 0.6) is 0 Å². The minimum atomic E-state index is -0.0497. The Balaban J connectivity index is 1.52. The minimum Gasteiger partial charge on any atom is -0.435 e. The second-order valence-electron chi connectivity index (χ2n) is 5.64. The Kier molecular flexibility index (Phi) is 4.07. The van der Waals surface area contributed by atoms with Crippen LogP contribution in [0.15, 0.2) is 33.4 Å². The monoisotopic (exact) mass is 412 g/mol. The first kappa shape index (κ1) is 16.9. The molecular weight excluding hydrogens is 402 g/mol. The number of imidazole rings is 2. The van der Waals surface area contributed by atoms with Gasteiger partial charge in [-0.25, -0.2) is 19.9 Å². The number of hydrogen-bond acceptors (Lipinski definition) is 8. The van der Waals surface area contributed by atoms with E-state index in [0.717, 1.165) is 12.1 Å². The Morgan fingerprint density at radius 2 is 1.25 bits per heavy atom. The molecule has 12 heteroatoms. The molecule has 0 amide bonds. The maximum Gasteiger partial charge on any atom is 0.245 e. The summed E-state index contributed by atoms with van der Waals surface area (Å²) in [5.41, 5.74) is 4.62. The van der Waals surface area contributed by atoms with Gasteiger partial charge in [0.15, 0.2) is 11.2 Å². The number of oxazole rings is 2. The van der Waals surface area contributed by atoms with E-state index in [1.54, 1.807) is 24.5 Å². The molecule has 0 fully saturated rings. The Morgan fingerprint density at radius 1 is 0.786 bits per heavy atom. The van der Waals surface area contributed by atoms with Crippen LogP contribution in [-0.2, 0) is 9.59 Å². The number of nitrogens with zero attached hydrogens (tertiary/aromatic N) is 4. The van der Waals surface area contributed by atoms with Gasteiger partial charge in [-0.1, -0.05) is 0 Å². The molecule has 138 valence electrons. The molecule has 0 aliphatic rings. The summed E-state index contributed by atoms with van der Waals surface area (Å²) in [6.45, 7) is 0. The van der Waals surface area contributed by atoms with Crippen molar-refractivity contribution in [1.29, 1.82) is 0 Å². The highest BCUT2D eigenvalue weighted by Crippen LogP contribution is 2.29. The van der Waals surface area contributed by atoms with Crippen molar-refractivity contribution < 1.29 is 18.4 Å². The molecule has 0 aliphatic heterocycles. The molecule has 4 aromatic heterocycles. The Morgan fingerprint density at radius 3 is 1.68 bits per heavy atom. The fourth-order valence-electron chi connectivity index (χ4n) is 2.70. The number of carbonyl (C=O) groups excluding carboxylic acids is 2. The second kappa shape index (κ2) is 6.74. The molecule has 1 aromatic carbocycles. The van der Waals surface area contributed by atoms with Crippen molar-refractivity contribution in [3.05, 3.63) is 24.5 Å². The normalized spacial score (nSPS) is 12.3. The molecule has 0 aliphatic carbocycles. The SMILES string of the molecule is O=CPc1ncc(-c2nc3cc4oc(-c5cnc(PC=O)[nH]5)nc4cc3o2)[nH]1. The first-order valence-electron chi connectivity index (χ1n) is 7.96. The van der Waals surface area contributed by atoms with Crippen molar-refractivity contribution in [2.24, 2.45) is 0 Å². The van der Waals surface area contributed by atoms with E-state index in [4.69, 9.17) is 8.83 Å². The Bertz CT molecular complexity index is 1180. The third-order valence-electron chi connectivity index (χ3n) is 3.90. The Hall–Kier alpha value is -3.22. The number of aromatic amines is 2. The van der Waals surface area contributed by atoms with Gasteiger partial charge < -0.3 is 18.8 Å². The van der Waals surface area contributed by atoms with Crippen LogP contribution in [0.1, 0.15) is 0 Å². The molecule has 5 aromatic rings. The first-order valence-corrected chi connectivity index (χ1v) is 10.1. The summed E-state index contributed by atoms with van der Waals surface area (Å²) < 4.78 is 11.6. The zero-order valence-electron chi connectivity index (χ0n) is 13.9. The largest absolute Gasteiger partial charge is 0.435 e. The fourth-order valence-corrected chi connectivity index (χ4v) is 3.61. The van der Waals surface area contributed by atoms with Crippen LogP contribution < -0.4 is 11.1 Å². The third-order valence-corrected chi connectivity index (χ3v) is 5.19. The lowest BCUT2D eigenvalue weighted by Gasteiger charge is -1.87. The van der Waals surface area contributed by atoms with Crippen LogP contribution in [0.25, 0.3) is 45.4 Å². The number of hydrogen-bond donors (Lipinski definition) is 2. The predicted octanol–water partition coefficient (Wildman–Crippen LogP) is 1.74. The predicted molar refractivity (Wildman–Crippen MR) is 106 cm³/mol. The molecule has 0 radical (unpaired) electrons. The van der Waals surface area contributed by atoms with Crippen LogP contribution in [0, 0.1) is 0 Å². The maximum absolute atomic E-state index is 10.6. The van der Waals surface area contributed by atoms with E-state index < -0.39 is 0 Å². The molecule has 5 rings (SSSR count). The van der Waals surface area contributed by atoms with E-state index in [2.05, 4.69) is 29.9 Å². The summed E-state index contributed by atoms with van der Waals surface area (Å²) in [4.78, 5) is 44.4. The van der Waals surface area contributed by atoms with Crippen molar-refractivity contribution in [2.75, 3.05) is 0 Å². The van der Waals surface area contributed by atoms with Gasteiger partial charge in [0.2, 0.25) is 11.8 Å². The highest BCUT2D eigenvalue weighted by molar-refractivity contribution is 7.62. The first-order chi connectivity index (χ1) is 13.7. The van der Waals surface area contributed by atoms with Gasteiger partial charge in [0.05, 0.1) is 12.4 Å². The topological polar surface area (TPSA) is 144 Å².